The lowest BCUT2D eigenvalue weighted by Crippen LogP contribution is -2.22. The van der Waals surface area contributed by atoms with Crippen LogP contribution in [0, 0.1) is 0 Å². The minimum atomic E-state index is -0.232. The van der Waals surface area contributed by atoms with E-state index in [0.29, 0.717) is 0 Å². The number of carbonyl (C=O) groups is 1. The number of hydrogen-bond acceptors (Lipinski definition) is 6. The maximum absolute atomic E-state index is 12.3. The standard InChI is InChI=1S/C16H15N3OS3/c1-10(22-16-19-18-15(21-2)23-16)14(20)17-13-8-7-11-5-3-4-6-12(11)9-13/h3-10H,1-2H3,(H,17,20)/t10-/m1/s1. The van der Waals surface area contributed by atoms with Crippen LogP contribution < -0.4 is 5.32 Å². The molecule has 0 aliphatic rings. The van der Waals surface area contributed by atoms with Crippen LogP contribution in [0.25, 0.3) is 10.8 Å². The second kappa shape index (κ2) is 7.33. The van der Waals surface area contributed by atoms with E-state index in [0.717, 1.165) is 25.1 Å². The molecule has 0 radical (unpaired) electrons. The number of hydrogen-bond donors (Lipinski definition) is 1. The molecule has 1 amide bonds. The SMILES string of the molecule is CSc1nnc(S[C@H](C)C(=O)Nc2ccc3ccccc3c2)s1. The highest BCUT2D eigenvalue weighted by Gasteiger charge is 2.17. The van der Waals surface area contributed by atoms with Gasteiger partial charge < -0.3 is 5.32 Å². The largest absolute Gasteiger partial charge is 0.325 e. The Morgan fingerprint density at radius 2 is 1.87 bits per heavy atom. The van der Waals surface area contributed by atoms with Crippen LogP contribution in [-0.4, -0.2) is 27.6 Å². The summed E-state index contributed by atoms with van der Waals surface area (Å²) in [5.74, 6) is -0.0359. The summed E-state index contributed by atoms with van der Waals surface area (Å²) < 4.78 is 1.73. The summed E-state index contributed by atoms with van der Waals surface area (Å²) in [6, 6.07) is 14.0. The summed E-state index contributed by atoms with van der Waals surface area (Å²) in [6.07, 6.45) is 1.96. The molecular weight excluding hydrogens is 346 g/mol. The van der Waals surface area contributed by atoms with Crippen LogP contribution in [-0.2, 0) is 4.79 Å². The lowest BCUT2D eigenvalue weighted by atomic mass is 10.1. The molecule has 2 aromatic carbocycles. The minimum Gasteiger partial charge on any atom is -0.325 e. The smallest absolute Gasteiger partial charge is 0.237 e. The lowest BCUT2D eigenvalue weighted by molar-refractivity contribution is -0.115. The molecule has 4 nitrogen and oxygen atoms in total. The third-order valence-corrected chi connectivity index (χ3v) is 6.31. The van der Waals surface area contributed by atoms with Gasteiger partial charge in [0.1, 0.15) is 0 Å². The normalized spacial score (nSPS) is 12.3. The molecule has 1 N–H and O–H groups in total. The van der Waals surface area contributed by atoms with Gasteiger partial charge in [-0.2, -0.15) is 0 Å². The monoisotopic (exact) mass is 361 g/mol. The number of carbonyl (C=O) groups excluding carboxylic acids is 1. The van der Waals surface area contributed by atoms with Crippen molar-refractivity contribution in [1.29, 1.82) is 0 Å². The van der Waals surface area contributed by atoms with E-state index in [2.05, 4.69) is 21.6 Å². The van der Waals surface area contributed by atoms with Gasteiger partial charge in [0.25, 0.3) is 0 Å². The van der Waals surface area contributed by atoms with Crippen molar-refractivity contribution in [2.24, 2.45) is 0 Å². The van der Waals surface area contributed by atoms with Crippen LogP contribution in [0.3, 0.4) is 0 Å². The molecule has 1 atom stereocenters. The lowest BCUT2D eigenvalue weighted by Gasteiger charge is -2.11. The molecule has 0 aliphatic carbocycles. The molecule has 7 heteroatoms. The third-order valence-electron chi connectivity index (χ3n) is 3.23. The summed E-state index contributed by atoms with van der Waals surface area (Å²) >= 11 is 4.50. The molecule has 1 heterocycles. The number of fused-ring (bicyclic) bond motifs is 1. The van der Waals surface area contributed by atoms with Gasteiger partial charge in [-0.1, -0.05) is 65.2 Å². The van der Waals surface area contributed by atoms with Crippen molar-refractivity contribution in [2.75, 3.05) is 11.6 Å². The number of anilines is 1. The molecule has 3 aromatic rings. The highest BCUT2D eigenvalue weighted by atomic mass is 32.2. The summed E-state index contributed by atoms with van der Waals surface area (Å²) in [5, 5.41) is 13.1. The molecule has 0 fully saturated rings. The fourth-order valence-corrected chi connectivity index (χ4v) is 4.63. The van der Waals surface area contributed by atoms with E-state index >= 15 is 0 Å². The Kier molecular flexibility index (Phi) is 5.20. The van der Waals surface area contributed by atoms with Gasteiger partial charge in [-0.25, -0.2) is 0 Å². The van der Waals surface area contributed by atoms with Gasteiger partial charge in [0, 0.05) is 5.69 Å². The number of nitrogens with zero attached hydrogens (tertiary/aromatic N) is 2. The molecular formula is C16H15N3OS3. The average molecular weight is 362 g/mol. The molecule has 23 heavy (non-hydrogen) atoms. The summed E-state index contributed by atoms with van der Waals surface area (Å²) in [5.41, 5.74) is 0.809. The number of nitrogens with one attached hydrogen (secondary N) is 1. The highest BCUT2D eigenvalue weighted by Crippen LogP contribution is 2.30. The summed E-state index contributed by atoms with van der Waals surface area (Å²) in [4.78, 5) is 12.3. The number of thioether (sulfide) groups is 2. The maximum Gasteiger partial charge on any atom is 0.237 e. The fraction of sp³-hybridized carbons (Fsp3) is 0.188. The van der Waals surface area contributed by atoms with Gasteiger partial charge in [0.05, 0.1) is 5.25 Å². The Labute approximate surface area is 147 Å². The van der Waals surface area contributed by atoms with E-state index in [-0.39, 0.29) is 11.2 Å². The predicted molar refractivity (Wildman–Crippen MR) is 99.6 cm³/mol. The molecule has 0 aliphatic heterocycles. The van der Waals surface area contributed by atoms with Crippen LogP contribution in [0.4, 0.5) is 5.69 Å². The van der Waals surface area contributed by atoms with Crippen LogP contribution >= 0.6 is 34.9 Å². The van der Waals surface area contributed by atoms with Crippen LogP contribution in [0.15, 0.2) is 51.1 Å². The first-order valence-corrected chi connectivity index (χ1v) is 9.91. The number of amides is 1. The second-order valence-corrected chi connectivity index (χ2v) is 8.47. The van der Waals surface area contributed by atoms with Gasteiger partial charge in [-0.05, 0) is 36.1 Å². The summed E-state index contributed by atoms with van der Waals surface area (Å²) in [7, 11) is 0. The van der Waals surface area contributed by atoms with E-state index in [1.165, 1.54) is 23.1 Å². The van der Waals surface area contributed by atoms with Crippen LogP contribution in [0.5, 0.6) is 0 Å². The molecule has 0 bridgehead atoms. The Hall–Kier alpha value is -1.57. The molecule has 3 rings (SSSR count). The molecule has 0 spiro atoms. The molecule has 0 saturated carbocycles. The van der Waals surface area contributed by atoms with Crippen molar-refractivity contribution in [2.45, 2.75) is 20.9 Å². The zero-order valence-electron chi connectivity index (χ0n) is 12.6. The average Bonchev–Trinajstić information content (AvgIpc) is 3.02. The van der Waals surface area contributed by atoms with Gasteiger partial charge in [-0.15, -0.1) is 10.2 Å². The van der Waals surface area contributed by atoms with E-state index < -0.39 is 0 Å². The van der Waals surface area contributed by atoms with Crippen LogP contribution in [0.1, 0.15) is 6.92 Å². The van der Waals surface area contributed by atoms with E-state index in [4.69, 9.17) is 0 Å². The highest BCUT2D eigenvalue weighted by molar-refractivity contribution is 8.03. The molecule has 0 unspecified atom stereocenters. The van der Waals surface area contributed by atoms with Crippen molar-refractivity contribution < 1.29 is 4.79 Å². The quantitative estimate of drug-likeness (QED) is 0.677. The third kappa shape index (κ3) is 4.04. The predicted octanol–water partition coefficient (Wildman–Crippen LogP) is 4.53. The van der Waals surface area contributed by atoms with Crippen molar-refractivity contribution in [3.8, 4) is 0 Å². The molecule has 118 valence electrons. The number of benzene rings is 2. The zero-order valence-corrected chi connectivity index (χ0v) is 15.1. The second-order valence-electron chi connectivity index (χ2n) is 4.85. The zero-order chi connectivity index (χ0) is 16.2. The molecule has 1 aromatic heterocycles. The first kappa shape index (κ1) is 16.3. The van der Waals surface area contributed by atoms with E-state index in [1.54, 1.807) is 11.8 Å². The maximum atomic E-state index is 12.3. The van der Waals surface area contributed by atoms with Gasteiger partial charge >= 0.3 is 0 Å². The number of aromatic nitrogens is 2. The topological polar surface area (TPSA) is 54.9 Å². The van der Waals surface area contributed by atoms with E-state index in [1.807, 2.05) is 49.6 Å². The van der Waals surface area contributed by atoms with Crippen molar-refractivity contribution in [1.82, 2.24) is 10.2 Å². The Morgan fingerprint density at radius 1 is 1.13 bits per heavy atom. The van der Waals surface area contributed by atoms with Crippen LogP contribution in [0.2, 0.25) is 0 Å². The van der Waals surface area contributed by atoms with Crippen molar-refractivity contribution in [3.63, 3.8) is 0 Å². The first-order chi connectivity index (χ1) is 11.2. The van der Waals surface area contributed by atoms with Gasteiger partial charge in [0.2, 0.25) is 5.91 Å². The minimum absolute atomic E-state index is 0.0359. The van der Waals surface area contributed by atoms with Gasteiger partial charge in [-0.3, -0.25) is 4.79 Å². The Balaban J connectivity index is 1.66. The fourth-order valence-electron chi connectivity index (χ4n) is 2.04. The van der Waals surface area contributed by atoms with Crippen molar-refractivity contribution in [3.05, 3.63) is 42.5 Å². The van der Waals surface area contributed by atoms with Crippen molar-refractivity contribution >= 4 is 57.2 Å². The Morgan fingerprint density at radius 3 is 2.61 bits per heavy atom. The molecule has 0 saturated heterocycles. The van der Waals surface area contributed by atoms with E-state index in [9.17, 15) is 4.79 Å². The van der Waals surface area contributed by atoms with Gasteiger partial charge in [0.15, 0.2) is 8.68 Å². The summed E-state index contributed by atoms with van der Waals surface area (Å²) in [6.45, 7) is 1.88. The number of rotatable bonds is 5. The Bertz CT molecular complexity index is 834. The first-order valence-electron chi connectivity index (χ1n) is 6.99.